The lowest BCUT2D eigenvalue weighted by Crippen LogP contribution is -2.45. The van der Waals surface area contributed by atoms with Crippen molar-refractivity contribution in [2.24, 2.45) is 5.92 Å². The van der Waals surface area contributed by atoms with Gasteiger partial charge in [0.15, 0.2) is 5.82 Å². The molecule has 4 rings (SSSR count). The highest BCUT2D eigenvalue weighted by Gasteiger charge is 2.42. The van der Waals surface area contributed by atoms with E-state index in [0.29, 0.717) is 18.0 Å². The lowest BCUT2D eigenvalue weighted by Gasteiger charge is -2.34. The summed E-state index contributed by atoms with van der Waals surface area (Å²) in [5.41, 5.74) is 0.658. The first-order valence-electron chi connectivity index (χ1n) is 9.60. The van der Waals surface area contributed by atoms with Gasteiger partial charge >= 0.3 is 0 Å². The van der Waals surface area contributed by atoms with Crippen molar-refractivity contribution in [3.63, 3.8) is 0 Å². The molecule has 2 saturated heterocycles. The maximum atomic E-state index is 13.0. The first-order chi connectivity index (χ1) is 13.0. The summed E-state index contributed by atoms with van der Waals surface area (Å²) in [4.78, 5) is 19.3. The fourth-order valence-electron chi connectivity index (χ4n) is 3.94. The molecule has 3 heterocycles. The number of carbonyl (C=O) groups is 1. The normalized spacial score (nSPS) is 24.9. The number of aromatic amines is 1. The van der Waals surface area contributed by atoms with Crippen molar-refractivity contribution in [3.8, 4) is 5.75 Å². The van der Waals surface area contributed by atoms with Gasteiger partial charge in [0, 0.05) is 18.7 Å². The summed E-state index contributed by atoms with van der Waals surface area (Å²) >= 11 is 0. The van der Waals surface area contributed by atoms with E-state index in [0.717, 1.165) is 36.8 Å². The molecule has 1 aromatic heterocycles. The quantitative estimate of drug-likeness (QED) is 0.895. The summed E-state index contributed by atoms with van der Waals surface area (Å²) in [6, 6.07) is 7.41. The Morgan fingerprint density at radius 1 is 1.41 bits per heavy atom. The lowest BCUT2D eigenvalue weighted by atomic mass is 9.91. The minimum absolute atomic E-state index is 0.0310. The zero-order valence-corrected chi connectivity index (χ0v) is 16.0. The maximum Gasteiger partial charge on any atom is 0.254 e. The Bertz CT molecular complexity index is 819. The van der Waals surface area contributed by atoms with Gasteiger partial charge in [-0.25, -0.2) is 4.98 Å². The summed E-state index contributed by atoms with van der Waals surface area (Å²) in [5.74, 6) is 2.72. The number of rotatable bonds is 4. The minimum atomic E-state index is -0.0808. The molecule has 2 fully saturated rings. The Balaban J connectivity index is 1.42. The molecule has 0 bridgehead atoms. The molecule has 7 heteroatoms. The SMILES string of the molecule is Cc1nc([C@H]2CC3CCN(C(=O)c4cccc(OC(C)C)c4)C[C@H]3O2)n[nH]1. The number of nitrogens with zero attached hydrogens (tertiary/aromatic N) is 3. The van der Waals surface area contributed by atoms with Crippen LogP contribution >= 0.6 is 0 Å². The van der Waals surface area contributed by atoms with Gasteiger partial charge in [-0.2, -0.15) is 5.10 Å². The zero-order valence-electron chi connectivity index (χ0n) is 16.0. The number of amides is 1. The molecule has 2 aliphatic heterocycles. The number of ether oxygens (including phenoxy) is 2. The van der Waals surface area contributed by atoms with Gasteiger partial charge < -0.3 is 14.4 Å². The number of nitrogens with one attached hydrogen (secondary N) is 1. The Hall–Kier alpha value is -2.41. The highest BCUT2D eigenvalue weighted by atomic mass is 16.5. The number of aryl methyl sites for hydroxylation is 1. The number of hydrogen-bond acceptors (Lipinski definition) is 5. The number of fused-ring (bicyclic) bond motifs is 1. The van der Waals surface area contributed by atoms with Crippen LogP contribution in [-0.2, 0) is 4.74 Å². The van der Waals surface area contributed by atoms with Gasteiger partial charge in [0.2, 0.25) is 0 Å². The number of likely N-dealkylation sites (tertiary alicyclic amines) is 1. The fraction of sp³-hybridized carbons (Fsp3) is 0.550. The molecule has 0 spiro atoms. The van der Waals surface area contributed by atoms with Crippen LogP contribution in [-0.4, -0.2) is 51.3 Å². The number of carbonyl (C=O) groups excluding carboxylic acids is 1. The molecule has 1 N–H and O–H groups in total. The summed E-state index contributed by atoms with van der Waals surface area (Å²) in [5, 5.41) is 7.11. The number of hydrogen-bond donors (Lipinski definition) is 1. The van der Waals surface area contributed by atoms with E-state index < -0.39 is 0 Å². The number of aromatic nitrogens is 3. The lowest BCUT2D eigenvalue weighted by molar-refractivity contribution is -0.00684. The smallest absolute Gasteiger partial charge is 0.254 e. The van der Waals surface area contributed by atoms with Crippen LogP contribution in [0.2, 0.25) is 0 Å². The van der Waals surface area contributed by atoms with E-state index in [-0.39, 0.29) is 24.2 Å². The van der Waals surface area contributed by atoms with Crippen molar-refractivity contribution in [1.29, 1.82) is 0 Å². The van der Waals surface area contributed by atoms with E-state index in [2.05, 4.69) is 15.2 Å². The van der Waals surface area contributed by atoms with E-state index in [1.165, 1.54) is 0 Å². The minimum Gasteiger partial charge on any atom is -0.491 e. The molecule has 1 aromatic carbocycles. The first kappa shape index (κ1) is 18.0. The third kappa shape index (κ3) is 3.83. The Morgan fingerprint density at radius 2 is 2.26 bits per heavy atom. The Labute approximate surface area is 159 Å². The molecule has 7 nitrogen and oxygen atoms in total. The fourth-order valence-corrected chi connectivity index (χ4v) is 3.94. The standard InChI is InChI=1S/C20H26N4O3/c1-12(2)26-16-6-4-5-15(9-16)20(25)24-8-7-14-10-17(27-18(14)11-24)19-21-13(3)22-23-19/h4-6,9,12,14,17-18H,7-8,10-11H2,1-3H3,(H,21,22,23)/t14?,17-,18-/m1/s1. The average Bonchev–Trinajstić information content (AvgIpc) is 3.26. The zero-order chi connectivity index (χ0) is 19.0. The van der Waals surface area contributed by atoms with Gasteiger partial charge in [-0.3, -0.25) is 9.89 Å². The third-order valence-corrected chi connectivity index (χ3v) is 5.19. The van der Waals surface area contributed by atoms with Crippen LogP contribution < -0.4 is 4.74 Å². The summed E-state index contributed by atoms with van der Waals surface area (Å²) in [6.45, 7) is 7.19. The largest absolute Gasteiger partial charge is 0.491 e. The molecule has 0 aliphatic carbocycles. The molecule has 3 atom stereocenters. The van der Waals surface area contributed by atoms with Gasteiger partial charge in [0.25, 0.3) is 5.91 Å². The molecular formula is C20H26N4O3. The molecule has 1 amide bonds. The van der Waals surface area contributed by atoms with Crippen LogP contribution in [0.3, 0.4) is 0 Å². The van der Waals surface area contributed by atoms with E-state index in [9.17, 15) is 4.79 Å². The summed E-state index contributed by atoms with van der Waals surface area (Å²) < 4.78 is 11.9. The van der Waals surface area contributed by atoms with Gasteiger partial charge in [-0.15, -0.1) is 0 Å². The molecule has 27 heavy (non-hydrogen) atoms. The van der Waals surface area contributed by atoms with E-state index in [4.69, 9.17) is 9.47 Å². The highest BCUT2D eigenvalue weighted by molar-refractivity contribution is 5.94. The van der Waals surface area contributed by atoms with Crippen LogP contribution in [0.15, 0.2) is 24.3 Å². The monoisotopic (exact) mass is 370 g/mol. The molecule has 0 saturated carbocycles. The molecular weight excluding hydrogens is 344 g/mol. The Morgan fingerprint density at radius 3 is 3.00 bits per heavy atom. The topological polar surface area (TPSA) is 80.3 Å². The van der Waals surface area contributed by atoms with Crippen LogP contribution in [0.25, 0.3) is 0 Å². The number of H-pyrrole nitrogens is 1. The van der Waals surface area contributed by atoms with Crippen molar-refractivity contribution in [3.05, 3.63) is 41.5 Å². The number of benzene rings is 1. The second-order valence-electron chi connectivity index (χ2n) is 7.67. The van der Waals surface area contributed by atoms with Crippen LogP contribution in [0.4, 0.5) is 0 Å². The van der Waals surface area contributed by atoms with E-state index in [1.807, 2.05) is 49.9 Å². The second-order valence-corrected chi connectivity index (χ2v) is 7.67. The Kier molecular flexibility index (Phi) is 4.86. The van der Waals surface area contributed by atoms with Crippen LogP contribution in [0.1, 0.15) is 54.8 Å². The van der Waals surface area contributed by atoms with Gasteiger partial charge in [-0.1, -0.05) is 6.07 Å². The van der Waals surface area contributed by atoms with Crippen LogP contribution in [0, 0.1) is 12.8 Å². The van der Waals surface area contributed by atoms with Gasteiger partial charge in [0.1, 0.15) is 17.7 Å². The van der Waals surface area contributed by atoms with Crippen LogP contribution in [0.5, 0.6) is 5.75 Å². The highest BCUT2D eigenvalue weighted by Crippen LogP contribution is 2.40. The van der Waals surface area contributed by atoms with Gasteiger partial charge in [-0.05, 0) is 57.7 Å². The molecule has 2 aromatic rings. The van der Waals surface area contributed by atoms with Gasteiger partial charge in [0.05, 0.1) is 12.2 Å². The molecule has 144 valence electrons. The van der Waals surface area contributed by atoms with Crippen molar-refractivity contribution in [1.82, 2.24) is 20.1 Å². The molecule has 2 aliphatic rings. The first-order valence-corrected chi connectivity index (χ1v) is 9.60. The summed E-state index contributed by atoms with van der Waals surface area (Å²) in [7, 11) is 0. The maximum absolute atomic E-state index is 13.0. The van der Waals surface area contributed by atoms with Crippen molar-refractivity contribution in [2.45, 2.75) is 51.9 Å². The number of piperidine rings is 1. The summed E-state index contributed by atoms with van der Waals surface area (Å²) in [6.07, 6.45) is 1.90. The average molecular weight is 370 g/mol. The van der Waals surface area contributed by atoms with E-state index in [1.54, 1.807) is 0 Å². The van der Waals surface area contributed by atoms with E-state index >= 15 is 0 Å². The van der Waals surface area contributed by atoms with Crippen molar-refractivity contribution < 1.29 is 14.3 Å². The van der Waals surface area contributed by atoms with Crippen molar-refractivity contribution >= 4 is 5.91 Å². The predicted octanol–water partition coefficient (Wildman–Crippen LogP) is 2.89. The molecule has 1 unspecified atom stereocenters. The van der Waals surface area contributed by atoms with Crippen molar-refractivity contribution in [2.75, 3.05) is 13.1 Å². The second kappa shape index (κ2) is 7.31. The third-order valence-electron chi connectivity index (χ3n) is 5.19. The molecule has 0 radical (unpaired) electrons. The predicted molar refractivity (Wildman–Crippen MR) is 99.6 cm³/mol.